The SMILES string of the molecule is COc1cccc(/C=C/C2=CC(=C(C#N)C#N)CC(C)(C)C2)c1OC. The van der Waals surface area contributed by atoms with E-state index in [-0.39, 0.29) is 11.0 Å². The third kappa shape index (κ3) is 4.31. The van der Waals surface area contributed by atoms with Crippen molar-refractivity contribution < 1.29 is 9.47 Å². The van der Waals surface area contributed by atoms with Crippen LogP contribution in [0.25, 0.3) is 6.08 Å². The van der Waals surface area contributed by atoms with Crippen LogP contribution >= 0.6 is 0 Å². The molecule has 0 atom stereocenters. The molecule has 0 unspecified atom stereocenters. The van der Waals surface area contributed by atoms with Gasteiger partial charge in [0, 0.05) is 5.56 Å². The molecule has 1 aliphatic rings. The van der Waals surface area contributed by atoms with Gasteiger partial charge in [-0.05, 0) is 35.5 Å². The molecule has 0 saturated heterocycles. The molecule has 0 N–H and O–H groups in total. The minimum absolute atomic E-state index is 0.00116. The van der Waals surface area contributed by atoms with Crippen molar-refractivity contribution in [3.8, 4) is 23.6 Å². The summed E-state index contributed by atoms with van der Waals surface area (Å²) < 4.78 is 10.8. The smallest absolute Gasteiger partial charge is 0.167 e. The zero-order chi connectivity index (χ0) is 18.4. The van der Waals surface area contributed by atoms with Gasteiger partial charge in [-0.15, -0.1) is 0 Å². The fourth-order valence-corrected chi connectivity index (χ4v) is 3.13. The summed E-state index contributed by atoms with van der Waals surface area (Å²) in [6, 6.07) is 9.72. The molecule has 2 rings (SSSR count). The maximum atomic E-state index is 9.16. The molecule has 1 aliphatic carbocycles. The Morgan fingerprint density at radius 1 is 1.08 bits per heavy atom. The van der Waals surface area contributed by atoms with Gasteiger partial charge in [-0.2, -0.15) is 10.5 Å². The molecule has 0 amide bonds. The predicted molar refractivity (Wildman–Crippen MR) is 97.9 cm³/mol. The molecule has 1 aromatic carbocycles. The number of hydrogen-bond donors (Lipinski definition) is 0. The molecule has 128 valence electrons. The number of hydrogen-bond acceptors (Lipinski definition) is 4. The summed E-state index contributed by atoms with van der Waals surface area (Å²) in [7, 11) is 3.23. The first-order chi connectivity index (χ1) is 11.9. The van der Waals surface area contributed by atoms with E-state index in [1.807, 2.05) is 48.6 Å². The lowest BCUT2D eigenvalue weighted by molar-refractivity contribution is 0.354. The van der Waals surface area contributed by atoms with Gasteiger partial charge in [0.2, 0.25) is 0 Å². The molecule has 0 fully saturated rings. The van der Waals surface area contributed by atoms with Gasteiger partial charge in [0.15, 0.2) is 11.5 Å². The zero-order valence-electron chi connectivity index (χ0n) is 15.1. The van der Waals surface area contributed by atoms with Crippen LogP contribution < -0.4 is 9.47 Å². The second kappa shape index (κ2) is 7.73. The van der Waals surface area contributed by atoms with Crippen molar-refractivity contribution in [3.05, 3.63) is 52.6 Å². The van der Waals surface area contributed by atoms with E-state index in [0.29, 0.717) is 11.5 Å². The Hall–Kier alpha value is -2.98. The Kier molecular flexibility index (Phi) is 5.67. The number of nitriles is 2. The Bertz CT molecular complexity index is 814. The first kappa shape index (κ1) is 18.4. The number of methoxy groups -OCH3 is 2. The number of rotatable bonds is 4. The summed E-state index contributed by atoms with van der Waals surface area (Å²) in [5.41, 5.74) is 2.99. The van der Waals surface area contributed by atoms with Gasteiger partial charge >= 0.3 is 0 Å². The highest BCUT2D eigenvalue weighted by molar-refractivity contribution is 5.64. The molecular formula is C21H22N2O2. The van der Waals surface area contributed by atoms with Crippen LogP contribution in [0.2, 0.25) is 0 Å². The van der Waals surface area contributed by atoms with E-state index in [1.54, 1.807) is 14.2 Å². The first-order valence-electron chi connectivity index (χ1n) is 8.07. The molecule has 4 heteroatoms. The molecular weight excluding hydrogens is 312 g/mol. The fraction of sp³-hybridized carbons (Fsp3) is 0.333. The lowest BCUT2D eigenvalue weighted by Crippen LogP contribution is -2.17. The number of ether oxygens (including phenoxy) is 2. The monoisotopic (exact) mass is 334 g/mol. The number of nitrogens with zero attached hydrogens (tertiary/aromatic N) is 2. The van der Waals surface area contributed by atoms with Crippen LogP contribution in [-0.4, -0.2) is 14.2 Å². The lowest BCUT2D eigenvalue weighted by Gasteiger charge is -2.30. The minimum atomic E-state index is 0.00116. The molecule has 1 aromatic rings. The van der Waals surface area contributed by atoms with E-state index in [4.69, 9.17) is 20.0 Å². The van der Waals surface area contributed by atoms with Crippen molar-refractivity contribution in [3.63, 3.8) is 0 Å². The number of benzene rings is 1. The van der Waals surface area contributed by atoms with Crippen LogP contribution in [0.4, 0.5) is 0 Å². The van der Waals surface area contributed by atoms with E-state index in [0.717, 1.165) is 29.6 Å². The van der Waals surface area contributed by atoms with Gasteiger partial charge < -0.3 is 9.47 Å². The van der Waals surface area contributed by atoms with E-state index < -0.39 is 0 Å². The fourth-order valence-electron chi connectivity index (χ4n) is 3.13. The molecule has 0 aromatic heterocycles. The predicted octanol–water partition coefficient (Wildman–Crippen LogP) is 4.81. The normalized spacial score (nSPS) is 15.9. The molecule has 0 saturated carbocycles. The van der Waals surface area contributed by atoms with Gasteiger partial charge in [-0.3, -0.25) is 0 Å². The van der Waals surface area contributed by atoms with Crippen molar-refractivity contribution in [1.82, 2.24) is 0 Å². The highest BCUT2D eigenvalue weighted by Gasteiger charge is 2.26. The summed E-state index contributed by atoms with van der Waals surface area (Å²) in [5, 5.41) is 18.3. The topological polar surface area (TPSA) is 66.0 Å². The van der Waals surface area contributed by atoms with E-state index in [1.165, 1.54) is 0 Å². The number of para-hydroxylation sites is 1. The standard InChI is InChI=1S/C21H22N2O2/c1-21(2)11-15(10-17(12-21)18(13-22)14-23)8-9-16-6-5-7-19(24-3)20(16)25-4/h5-10H,11-12H2,1-4H3/b9-8+. The van der Waals surface area contributed by atoms with Crippen LogP contribution in [0.3, 0.4) is 0 Å². The molecule has 0 heterocycles. The Morgan fingerprint density at radius 2 is 1.80 bits per heavy atom. The Balaban J connectivity index is 2.43. The second-order valence-corrected chi connectivity index (χ2v) is 6.78. The lowest BCUT2D eigenvalue weighted by atomic mass is 9.74. The summed E-state index contributed by atoms with van der Waals surface area (Å²) in [6.07, 6.45) is 7.55. The first-order valence-corrected chi connectivity index (χ1v) is 8.07. The third-order valence-electron chi connectivity index (χ3n) is 4.17. The molecule has 0 aliphatic heterocycles. The molecule has 0 spiro atoms. The molecule has 0 radical (unpaired) electrons. The van der Waals surface area contributed by atoms with Gasteiger partial charge in [0.25, 0.3) is 0 Å². The highest BCUT2D eigenvalue weighted by atomic mass is 16.5. The van der Waals surface area contributed by atoms with Crippen molar-refractivity contribution in [2.24, 2.45) is 5.41 Å². The Labute approximate surface area is 149 Å². The average molecular weight is 334 g/mol. The number of allylic oxidation sites excluding steroid dienone is 5. The van der Waals surface area contributed by atoms with E-state index >= 15 is 0 Å². The summed E-state index contributed by atoms with van der Waals surface area (Å²) in [6.45, 7) is 4.29. The van der Waals surface area contributed by atoms with Gasteiger partial charge in [-0.25, -0.2) is 0 Å². The minimum Gasteiger partial charge on any atom is -0.493 e. The van der Waals surface area contributed by atoms with E-state index in [2.05, 4.69) is 13.8 Å². The van der Waals surface area contributed by atoms with E-state index in [9.17, 15) is 0 Å². The van der Waals surface area contributed by atoms with Crippen LogP contribution in [0.1, 0.15) is 32.3 Å². The summed E-state index contributed by atoms with van der Waals surface area (Å²) in [4.78, 5) is 0. The Morgan fingerprint density at radius 3 is 2.40 bits per heavy atom. The van der Waals surface area contributed by atoms with Gasteiger partial charge in [0.05, 0.1) is 14.2 Å². The van der Waals surface area contributed by atoms with Crippen LogP contribution in [0.5, 0.6) is 11.5 Å². The molecule has 25 heavy (non-hydrogen) atoms. The maximum Gasteiger partial charge on any atom is 0.167 e. The van der Waals surface area contributed by atoms with Crippen LogP contribution in [0, 0.1) is 28.1 Å². The average Bonchev–Trinajstić information content (AvgIpc) is 2.59. The van der Waals surface area contributed by atoms with Crippen LogP contribution in [0.15, 0.2) is 47.1 Å². The summed E-state index contributed by atoms with van der Waals surface area (Å²) >= 11 is 0. The summed E-state index contributed by atoms with van der Waals surface area (Å²) in [5.74, 6) is 1.36. The van der Waals surface area contributed by atoms with Crippen molar-refractivity contribution >= 4 is 6.08 Å². The van der Waals surface area contributed by atoms with Crippen LogP contribution in [-0.2, 0) is 0 Å². The largest absolute Gasteiger partial charge is 0.493 e. The van der Waals surface area contributed by atoms with Crippen molar-refractivity contribution in [2.45, 2.75) is 26.7 Å². The highest BCUT2D eigenvalue weighted by Crippen LogP contribution is 2.40. The molecule has 4 nitrogen and oxygen atoms in total. The zero-order valence-corrected chi connectivity index (χ0v) is 15.1. The van der Waals surface area contributed by atoms with Crippen molar-refractivity contribution in [1.29, 1.82) is 10.5 Å². The van der Waals surface area contributed by atoms with Gasteiger partial charge in [0.1, 0.15) is 17.7 Å². The maximum absolute atomic E-state index is 9.16. The second-order valence-electron chi connectivity index (χ2n) is 6.78. The van der Waals surface area contributed by atoms with Crippen molar-refractivity contribution in [2.75, 3.05) is 14.2 Å². The van der Waals surface area contributed by atoms with Gasteiger partial charge in [-0.1, -0.05) is 44.2 Å². The third-order valence-corrected chi connectivity index (χ3v) is 4.17. The quantitative estimate of drug-likeness (QED) is 0.741. The molecule has 0 bridgehead atoms.